The van der Waals surface area contributed by atoms with Gasteiger partial charge >= 0.3 is 11.9 Å². The standard InChI is InChI=1S/C21H18O7/c1-3-27-20(25)18(21(26)28-4-2)15-11-7-5-9-13(22)16(11)19(24)17-12(15)8-6-10-14(17)23/h5-10,22-23H,3-4H2,1-2H3. The molecule has 0 saturated heterocycles. The lowest BCUT2D eigenvalue weighted by atomic mass is 9.78. The molecule has 0 aliphatic heterocycles. The summed E-state index contributed by atoms with van der Waals surface area (Å²) in [7, 11) is 0. The van der Waals surface area contributed by atoms with Crippen molar-refractivity contribution in [1.82, 2.24) is 0 Å². The molecule has 2 aromatic rings. The molecule has 0 aromatic heterocycles. The second kappa shape index (κ2) is 7.56. The van der Waals surface area contributed by atoms with Gasteiger partial charge < -0.3 is 19.7 Å². The minimum Gasteiger partial charge on any atom is -0.507 e. The Hall–Kier alpha value is -3.61. The number of benzene rings is 2. The Morgan fingerprint density at radius 3 is 1.64 bits per heavy atom. The summed E-state index contributed by atoms with van der Waals surface area (Å²) < 4.78 is 10.1. The van der Waals surface area contributed by atoms with Crippen LogP contribution in [0.4, 0.5) is 0 Å². The van der Waals surface area contributed by atoms with Crippen molar-refractivity contribution in [1.29, 1.82) is 0 Å². The highest BCUT2D eigenvalue weighted by Gasteiger charge is 2.37. The van der Waals surface area contributed by atoms with Gasteiger partial charge in [-0.05, 0) is 37.1 Å². The van der Waals surface area contributed by atoms with Gasteiger partial charge in [0.15, 0.2) is 5.57 Å². The molecule has 0 heterocycles. The van der Waals surface area contributed by atoms with E-state index < -0.39 is 23.3 Å². The highest BCUT2D eigenvalue weighted by molar-refractivity contribution is 6.28. The van der Waals surface area contributed by atoms with Crippen LogP contribution in [0.3, 0.4) is 0 Å². The summed E-state index contributed by atoms with van der Waals surface area (Å²) in [4.78, 5) is 38.2. The summed E-state index contributed by atoms with van der Waals surface area (Å²) in [5.74, 6) is -3.12. The summed E-state index contributed by atoms with van der Waals surface area (Å²) in [5, 5.41) is 20.5. The zero-order chi connectivity index (χ0) is 20.4. The molecule has 28 heavy (non-hydrogen) atoms. The third-order valence-corrected chi connectivity index (χ3v) is 4.29. The number of phenolic OH excluding ortho intramolecular Hbond substituents is 2. The van der Waals surface area contributed by atoms with Crippen LogP contribution in [0.15, 0.2) is 42.0 Å². The maximum absolute atomic E-state index is 12.9. The summed E-state index contributed by atoms with van der Waals surface area (Å²) in [6, 6.07) is 8.62. The molecule has 1 aliphatic carbocycles. The number of ketones is 1. The van der Waals surface area contributed by atoms with Crippen molar-refractivity contribution in [3.8, 4) is 11.5 Å². The van der Waals surface area contributed by atoms with Crippen molar-refractivity contribution >= 4 is 23.3 Å². The topological polar surface area (TPSA) is 110 Å². The van der Waals surface area contributed by atoms with Crippen LogP contribution in [-0.2, 0) is 19.1 Å². The van der Waals surface area contributed by atoms with Crippen LogP contribution in [0.2, 0.25) is 0 Å². The van der Waals surface area contributed by atoms with Gasteiger partial charge in [-0.15, -0.1) is 0 Å². The molecule has 0 bridgehead atoms. The van der Waals surface area contributed by atoms with Crippen LogP contribution < -0.4 is 0 Å². The molecule has 0 fully saturated rings. The molecule has 144 valence electrons. The molecule has 3 rings (SSSR count). The van der Waals surface area contributed by atoms with E-state index in [1.165, 1.54) is 36.4 Å². The fourth-order valence-electron chi connectivity index (χ4n) is 3.21. The average Bonchev–Trinajstić information content (AvgIpc) is 2.65. The van der Waals surface area contributed by atoms with Gasteiger partial charge in [0, 0.05) is 5.57 Å². The number of aromatic hydroxyl groups is 2. The third kappa shape index (κ3) is 3.00. The first-order chi connectivity index (χ1) is 13.4. The maximum Gasteiger partial charge on any atom is 0.346 e. The van der Waals surface area contributed by atoms with E-state index >= 15 is 0 Å². The van der Waals surface area contributed by atoms with Gasteiger partial charge in [-0.25, -0.2) is 9.59 Å². The molecule has 0 atom stereocenters. The number of carbonyl (C=O) groups excluding carboxylic acids is 3. The molecule has 0 saturated carbocycles. The molecule has 7 heteroatoms. The van der Waals surface area contributed by atoms with Gasteiger partial charge in [0.1, 0.15) is 11.5 Å². The number of rotatable bonds is 4. The predicted octanol–water partition coefficient (Wildman–Crippen LogP) is 2.57. The number of phenols is 2. The van der Waals surface area contributed by atoms with Crippen LogP contribution >= 0.6 is 0 Å². The van der Waals surface area contributed by atoms with E-state index in [1.54, 1.807) is 13.8 Å². The van der Waals surface area contributed by atoms with Gasteiger partial charge in [0.2, 0.25) is 5.78 Å². The van der Waals surface area contributed by atoms with Crippen molar-refractivity contribution in [2.75, 3.05) is 13.2 Å². The maximum atomic E-state index is 12.9. The molecule has 2 aromatic carbocycles. The highest BCUT2D eigenvalue weighted by Crippen LogP contribution is 2.44. The van der Waals surface area contributed by atoms with Gasteiger partial charge in [0.05, 0.1) is 24.3 Å². The first-order valence-electron chi connectivity index (χ1n) is 8.70. The van der Waals surface area contributed by atoms with Crippen LogP contribution in [-0.4, -0.2) is 41.1 Å². The second-order valence-corrected chi connectivity index (χ2v) is 5.92. The number of hydrogen-bond donors (Lipinski definition) is 2. The number of hydrogen-bond acceptors (Lipinski definition) is 7. The molecule has 0 spiro atoms. The fourth-order valence-corrected chi connectivity index (χ4v) is 3.21. The first kappa shape index (κ1) is 19.2. The largest absolute Gasteiger partial charge is 0.507 e. The number of esters is 2. The Labute approximate surface area is 160 Å². The van der Waals surface area contributed by atoms with Crippen molar-refractivity contribution in [2.24, 2.45) is 0 Å². The summed E-state index contributed by atoms with van der Waals surface area (Å²) in [5.41, 5.74) is -0.211. The lowest BCUT2D eigenvalue weighted by Crippen LogP contribution is -2.24. The van der Waals surface area contributed by atoms with E-state index in [1.807, 2.05) is 0 Å². The van der Waals surface area contributed by atoms with Gasteiger partial charge in [-0.1, -0.05) is 24.3 Å². The Balaban J connectivity index is 2.46. The number of fused-ring (bicyclic) bond motifs is 2. The Bertz CT molecular complexity index is 940. The normalized spacial score (nSPS) is 12.1. The minimum absolute atomic E-state index is 0.0216. The molecular formula is C21H18O7. The van der Waals surface area contributed by atoms with Crippen LogP contribution in [0.5, 0.6) is 11.5 Å². The summed E-state index contributed by atoms with van der Waals surface area (Å²) >= 11 is 0. The summed E-state index contributed by atoms with van der Waals surface area (Å²) in [6.07, 6.45) is 0. The molecule has 1 aliphatic rings. The fraction of sp³-hybridized carbons (Fsp3) is 0.190. The van der Waals surface area contributed by atoms with Crippen molar-refractivity contribution < 1.29 is 34.1 Å². The number of ether oxygens (including phenoxy) is 2. The minimum atomic E-state index is -0.922. The zero-order valence-corrected chi connectivity index (χ0v) is 15.3. The summed E-state index contributed by atoms with van der Waals surface area (Å²) in [6.45, 7) is 3.23. The van der Waals surface area contributed by atoms with E-state index in [-0.39, 0.29) is 52.5 Å². The predicted molar refractivity (Wildman–Crippen MR) is 98.9 cm³/mol. The van der Waals surface area contributed by atoms with Crippen LogP contribution in [0, 0.1) is 0 Å². The van der Waals surface area contributed by atoms with E-state index in [4.69, 9.17) is 9.47 Å². The van der Waals surface area contributed by atoms with E-state index in [9.17, 15) is 24.6 Å². The monoisotopic (exact) mass is 382 g/mol. The quantitative estimate of drug-likeness (QED) is 0.309. The smallest absolute Gasteiger partial charge is 0.346 e. The molecule has 0 radical (unpaired) electrons. The Morgan fingerprint density at radius 1 is 0.821 bits per heavy atom. The first-order valence-corrected chi connectivity index (χ1v) is 8.70. The molecule has 0 amide bonds. The SMILES string of the molecule is CCOC(=O)C(C(=O)OCC)=C1c2cccc(O)c2C(=O)c2c(O)cccc21. The highest BCUT2D eigenvalue weighted by atomic mass is 16.6. The molecule has 0 unspecified atom stereocenters. The van der Waals surface area contributed by atoms with Crippen molar-refractivity contribution in [2.45, 2.75) is 13.8 Å². The average molecular weight is 382 g/mol. The second-order valence-electron chi connectivity index (χ2n) is 5.92. The zero-order valence-electron chi connectivity index (χ0n) is 15.3. The molecule has 7 nitrogen and oxygen atoms in total. The van der Waals surface area contributed by atoms with Gasteiger partial charge in [-0.2, -0.15) is 0 Å². The van der Waals surface area contributed by atoms with E-state index in [2.05, 4.69) is 0 Å². The van der Waals surface area contributed by atoms with E-state index in [0.29, 0.717) is 0 Å². The molecule has 2 N–H and O–H groups in total. The molecular weight excluding hydrogens is 364 g/mol. The number of carbonyl (C=O) groups is 3. The van der Waals surface area contributed by atoms with Crippen molar-refractivity contribution in [3.63, 3.8) is 0 Å². The lowest BCUT2D eigenvalue weighted by molar-refractivity contribution is -0.146. The Kier molecular flexibility index (Phi) is 5.17. The van der Waals surface area contributed by atoms with Gasteiger partial charge in [0.25, 0.3) is 0 Å². The van der Waals surface area contributed by atoms with Crippen LogP contribution in [0.25, 0.3) is 5.57 Å². The Morgan fingerprint density at radius 2 is 1.25 bits per heavy atom. The van der Waals surface area contributed by atoms with Crippen molar-refractivity contribution in [3.05, 3.63) is 64.2 Å². The van der Waals surface area contributed by atoms with E-state index in [0.717, 1.165) is 0 Å². The lowest BCUT2D eigenvalue weighted by Gasteiger charge is -2.24. The van der Waals surface area contributed by atoms with Crippen LogP contribution in [0.1, 0.15) is 40.9 Å². The van der Waals surface area contributed by atoms with Gasteiger partial charge in [-0.3, -0.25) is 4.79 Å². The third-order valence-electron chi connectivity index (χ3n) is 4.29.